The van der Waals surface area contributed by atoms with E-state index in [2.05, 4.69) is 36.4 Å². The van der Waals surface area contributed by atoms with Gasteiger partial charge in [0.1, 0.15) is 17.1 Å². The Bertz CT molecular complexity index is 2340. The maximum Gasteiger partial charge on any atom is 0.407 e. The summed E-state index contributed by atoms with van der Waals surface area (Å²) in [5.41, 5.74) is 3.76. The number of nitrogens with zero attached hydrogens (tertiary/aromatic N) is 2. The van der Waals surface area contributed by atoms with Gasteiger partial charge in [-0.2, -0.15) is 0 Å². The number of piperidine rings is 1. The molecule has 6 aromatic carbocycles. The smallest absolute Gasteiger partial charge is 0.407 e. The minimum absolute atomic E-state index is 0.0396. The van der Waals surface area contributed by atoms with Crippen molar-refractivity contribution in [3.05, 3.63) is 197 Å². The van der Waals surface area contributed by atoms with E-state index in [9.17, 15) is 14.7 Å². The zero-order valence-corrected chi connectivity index (χ0v) is 36.0. The van der Waals surface area contributed by atoms with Crippen LogP contribution in [0.25, 0.3) is 0 Å². The molecule has 0 saturated carbocycles. The maximum absolute atomic E-state index is 13.9. The number of likely N-dealkylation sites (tertiary alicyclic amines) is 1. The van der Waals surface area contributed by atoms with Gasteiger partial charge in [-0.05, 0) is 77.4 Å². The van der Waals surface area contributed by atoms with Crippen LogP contribution in [-0.2, 0) is 37.6 Å². The van der Waals surface area contributed by atoms with E-state index in [1.165, 1.54) is 4.90 Å². The highest BCUT2D eigenvalue weighted by atomic mass is 16.5. The Hall–Kier alpha value is -6.46. The first kappa shape index (κ1) is 43.2. The number of rotatable bonds is 16. The van der Waals surface area contributed by atoms with Crippen LogP contribution in [0.15, 0.2) is 164 Å². The summed E-state index contributed by atoms with van der Waals surface area (Å²) in [7, 11) is 3.28. The molecule has 1 N–H and O–H groups in total. The fourth-order valence-corrected chi connectivity index (χ4v) is 9.43. The third kappa shape index (κ3) is 8.93. The molecular weight excluding hydrogens is 793 g/mol. The zero-order valence-electron chi connectivity index (χ0n) is 36.0. The summed E-state index contributed by atoms with van der Waals surface area (Å²) in [4.78, 5) is 30.3. The van der Waals surface area contributed by atoms with Crippen LogP contribution in [0.3, 0.4) is 0 Å². The minimum atomic E-state index is -1.17. The van der Waals surface area contributed by atoms with Gasteiger partial charge in [-0.25, -0.2) is 4.79 Å². The molecule has 8 rings (SSSR count). The highest BCUT2D eigenvalue weighted by Gasteiger charge is 2.57. The number of methoxy groups -OCH3 is 2. The molecule has 0 aromatic heterocycles. The van der Waals surface area contributed by atoms with Crippen molar-refractivity contribution in [3.8, 4) is 11.5 Å². The van der Waals surface area contributed by atoms with Crippen LogP contribution >= 0.6 is 0 Å². The summed E-state index contributed by atoms with van der Waals surface area (Å²) in [6, 6.07) is 54.0. The van der Waals surface area contributed by atoms with E-state index < -0.39 is 35.4 Å². The Morgan fingerprint density at radius 2 is 1.37 bits per heavy atom. The second kappa shape index (κ2) is 19.3. The van der Waals surface area contributed by atoms with Crippen LogP contribution in [0.5, 0.6) is 11.5 Å². The first-order chi connectivity index (χ1) is 30.7. The van der Waals surface area contributed by atoms with E-state index in [1.54, 1.807) is 19.1 Å². The van der Waals surface area contributed by atoms with Gasteiger partial charge < -0.3 is 33.7 Å². The van der Waals surface area contributed by atoms with Crippen molar-refractivity contribution < 1.29 is 38.4 Å². The number of carbonyl (C=O) groups is 2. The first-order valence-electron chi connectivity index (χ1n) is 21.4. The van der Waals surface area contributed by atoms with E-state index in [0.29, 0.717) is 43.2 Å². The molecule has 63 heavy (non-hydrogen) atoms. The zero-order chi connectivity index (χ0) is 43.8. The quantitative estimate of drug-likeness (QED) is 0.0759. The fraction of sp³-hybridized carbons (Fsp3) is 0.283. The van der Waals surface area contributed by atoms with Crippen LogP contribution in [0.4, 0.5) is 10.5 Å². The number of fused-ring (bicyclic) bond motifs is 1. The summed E-state index contributed by atoms with van der Waals surface area (Å²) < 4.78 is 31.9. The Labute approximate surface area is 369 Å². The van der Waals surface area contributed by atoms with Gasteiger partial charge in [0.15, 0.2) is 6.61 Å². The van der Waals surface area contributed by atoms with E-state index in [-0.39, 0.29) is 25.7 Å². The molecule has 1 saturated heterocycles. The molecule has 4 atom stereocenters. The molecule has 2 aliphatic heterocycles. The lowest BCUT2D eigenvalue weighted by Crippen LogP contribution is -2.68. The molecular formula is C53H54N2O8. The van der Waals surface area contributed by atoms with E-state index in [1.807, 2.05) is 134 Å². The predicted octanol–water partition coefficient (Wildman–Crippen LogP) is 9.50. The van der Waals surface area contributed by atoms with Crippen molar-refractivity contribution in [1.29, 1.82) is 0 Å². The topological polar surface area (TPSA) is 107 Å². The predicted molar refractivity (Wildman–Crippen MR) is 242 cm³/mol. The highest BCUT2D eigenvalue weighted by Crippen LogP contribution is 2.49. The van der Waals surface area contributed by atoms with Crippen LogP contribution in [-0.4, -0.2) is 80.3 Å². The van der Waals surface area contributed by atoms with Crippen molar-refractivity contribution >= 4 is 17.7 Å². The van der Waals surface area contributed by atoms with Gasteiger partial charge in [-0.3, -0.25) is 9.69 Å². The van der Waals surface area contributed by atoms with Crippen LogP contribution in [0.1, 0.15) is 52.6 Å². The van der Waals surface area contributed by atoms with Crippen molar-refractivity contribution in [3.63, 3.8) is 0 Å². The number of hydrogen-bond acceptors (Lipinski definition) is 7. The third-order valence-corrected chi connectivity index (χ3v) is 12.5. The van der Waals surface area contributed by atoms with Gasteiger partial charge in [0.2, 0.25) is 0 Å². The van der Waals surface area contributed by atoms with Gasteiger partial charge in [0.25, 0.3) is 5.91 Å². The number of carboxylic acid groups (broad SMARTS) is 1. The summed E-state index contributed by atoms with van der Waals surface area (Å²) in [6.07, 6.45) is -1.58. The molecule has 6 aromatic rings. The molecule has 0 radical (unpaired) electrons. The molecule has 1 unspecified atom stereocenters. The number of carbonyl (C=O) groups excluding carboxylic acids is 1. The molecule has 2 amide bonds. The molecule has 10 nitrogen and oxygen atoms in total. The lowest BCUT2D eigenvalue weighted by atomic mass is 9.70. The van der Waals surface area contributed by atoms with Crippen LogP contribution in [0.2, 0.25) is 0 Å². The lowest BCUT2D eigenvalue weighted by Gasteiger charge is -2.56. The lowest BCUT2D eigenvalue weighted by molar-refractivity contribution is -0.171. The average molecular weight is 847 g/mol. The monoisotopic (exact) mass is 846 g/mol. The average Bonchev–Trinajstić information content (AvgIpc) is 3.32. The third-order valence-electron chi connectivity index (χ3n) is 12.5. The van der Waals surface area contributed by atoms with Gasteiger partial charge >= 0.3 is 6.09 Å². The molecule has 2 aliphatic rings. The molecule has 10 heteroatoms. The molecule has 0 spiro atoms. The highest BCUT2D eigenvalue weighted by molar-refractivity contribution is 5.97. The largest absolute Gasteiger partial charge is 0.497 e. The summed E-state index contributed by atoms with van der Waals surface area (Å²) >= 11 is 0. The summed E-state index contributed by atoms with van der Waals surface area (Å²) in [6.45, 7) is 3.09. The fourth-order valence-electron chi connectivity index (χ4n) is 9.43. The van der Waals surface area contributed by atoms with Gasteiger partial charge in [-0.15, -0.1) is 0 Å². The molecule has 0 bridgehead atoms. The van der Waals surface area contributed by atoms with Crippen molar-refractivity contribution in [1.82, 2.24) is 4.90 Å². The van der Waals surface area contributed by atoms with Gasteiger partial charge in [-0.1, -0.05) is 140 Å². The van der Waals surface area contributed by atoms with E-state index >= 15 is 0 Å². The number of amides is 2. The number of benzene rings is 6. The van der Waals surface area contributed by atoms with Gasteiger partial charge in [0.05, 0.1) is 43.7 Å². The van der Waals surface area contributed by atoms with E-state index in [4.69, 9.17) is 23.7 Å². The second-order valence-electron chi connectivity index (χ2n) is 16.4. The van der Waals surface area contributed by atoms with Crippen molar-refractivity contribution in [2.45, 2.75) is 55.6 Å². The number of anilines is 1. The molecule has 1 fully saturated rings. The Morgan fingerprint density at radius 1 is 0.778 bits per heavy atom. The summed E-state index contributed by atoms with van der Waals surface area (Å²) in [5, 5.41) is 11.4. The number of ether oxygens (including phenoxy) is 5. The van der Waals surface area contributed by atoms with Crippen molar-refractivity contribution in [2.75, 3.05) is 45.4 Å². The first-order valence-corrected chi connectivity index (χ1v) is 21.4. The maximum atomic E-state index is 13.9. The Morgan fingerprint density at radius 3 is 1.92 bits per heavy atom. The number of hydrogen-bond donors (Lipinski definition) is 1. The minimum Gasteiger partial charge on any atom is -0.497 e. The molecule has 0 aliphatic carbocycles. The second-order valence-corrected chi connectivity index (χ2v) is 16.4. The summed E-state index contributed by atoms with van der Waals surface area (Å²) in [5.74, 6) is 0.665. The standard InChI is InChI=1S/C53H54N2O8/c1-52(34-38-17-8-4-9-18-38)50(62-36-39-25-30-46-45(33-39)54(31-16-32-59-2)48(56)37-61-46)49(40-26-28-44(60-3)29-27-40)47(35-55(52)51(57)58)63-53(41-19-10-5-11-20-41,42-21-12-6-13-22-42)43-23-14-7-15-24-43/h4-15,17-30,33,47,49-50H,16,31-32,34-37H2,1-3H3,(H,57,58)/t47-,49-,50-,52?/m1/s1. The Balaban J connectivity index is 1.30. The molecule has 324 valence electrons. The normalized spacial score (nSPS) is 19.9. The van der Waals surface area contributed by atoms with Gasteiger partial charge in [0, 0.05) is 26.2 Å². The van der Waals surface area contributed by atoms with Crippen LogP contribution in [0, 0.1) is 0 Å². The van der Waals surface area contributed by atoms with Crippen LogP contribution < -0.4 is 14.4 Å². The van der Waals surface area contributed by atoms with Crippen molar-refractivity contribution in [2.24, 2.45) is 0 Å². The van der Waals surface area contributed by atoms with E-state index in [0.717, 1.165) is 33.4 Å². The Kier molecular flexibility index (Phi) is 13.2. The SMILES string of the molecule is COCCCN1C(=O)COc2ccc(CO[C@@H]3[C@H](c4ccc(OC)cc4)[C@H](OC(c4ccccc4)(c4ccccc4)c4ccccc4)CN(C(=O)O)C3(C)Cc3ccccc3)cc21. The molecule has 2 heterocycles.